The Morgan fingerprint density at radius 1 is 1.44 bits per heavy atom. The molecule has 0 saturated heterocycles. The minimum atomic E-state index is -0.235. The fourth-order valence-corrected chi connectivity index (χ4v) is 1.59. The van der Waals surface area contributed by atoms with Gasteiger partial charge in [0.2, 0.25) is 0 Å². The van der Waals surface area contributed by atoms with Crippen molar-refractivity contribution >= 4 is 11.7 Å². The number of benzene rings is 1. The number of carbonyl (C=O) groups excluding carboxylic acids is 1. The normalized spacial score (nSPS) is 10.1. The lowest BCUT2D eigenvalue weighted by atomic mass is 10.0. The molecule has 3 heteroatoms. The average molecular weight is 221 g/mol. The van der Waals surface area contributed by atoms with Crippen LogP contribution >= 0.6 is 0 Å². The zero-order chi connectivity index (χ0) is 12.0. The van der Waals surface area contributed by atoms with Crippen LogP contribution in [-0.2, 0) is 22.4 Å². The third-order valence-electron chi connectivity index (χ3n) is 2.59. The van der Waals surface area contributed by atoms with Gasteiger partial charge in [-0.05, 0) is 30.0 Å². The van der Waals surface area contributed by atoms with Crippen LogP contribution in [0.1, 0.15) is 30.9 Å². The Morgan fingerprint density at radius 2 is 2.19 bits per heavy atom. The lowest BCUT2D eigenvalue weighted by molar-refractivity contribution is -0.139. The maximum atomic E-state index is 11.1. The molecule has 88 valence electrons. The number of hydrogen-bond acceptors (Lipinski definition) is 3. The van der Waals surface area contributed by atoms with E-state index < -0.39 is 0 Å². The number of hydrogen-bond donors (Lipinski definition) is 1. The monoisotopic (exact) mass is 221 g/mol. The van der Waals surface area contributed by atoms with Crippen LogP contribution in [0.15, 0.2) is 18.2 Å². The fraction of sp³-hybridized carbons (Fsp3) is 0.462. The molecule has 1 aromatic rings. The van der Waals surface area contributed by atoms with Crippen LogP contribution in [-0.4, -0.2) is 13.1 Å². The summed E-state index contributed by atoms with van der Waals surface area (Å²) >= 11 is 0. The maximum absolute atomic E-state index is 11.1. The molecule has 0 atom stereocenters. The van der Waals surface area contributed by atoms with Crippen molar-refractivity contribution in [1.82, 2.24) is 0 Å². The van der Waals surface area contributed by atoms with E-state index in [-0.39, 0.29) is 12.4 Å². The summed E-state index contributed by atoms with van der Waals surface area (Å²) in [5.41, 5.74) is 8.77. The first-order valence-electron chi connectivity index (χ1n) is 5.61. The van der Waals surface area contributed by atoms with E-state index in [4.69, 9.17) is 5.73 Å². The van der Waals surface area contributed by atoms with Gasteiger partial charge in [-0.1, -0.05) is 25.5 Å². The zero-order valence-electron chi connectivity index (χ0n) is 9.95. The van der Waals surface area contributed by atoms with Gasteiger partial charge < -0.3 is 10.5 Å². The lowest BCUT2D eigenvalue weighted by Crippen LogP contribution is -2.05. The number of esters is 1. The second kappa shape index (κ2) is 6.16. The summed E-state index contributed by atoms with van der Waals surface area (Å²) in [6, 6.07) is 5.81. The largest absolute Gasteiger partial charge is 0.469 e. The molecule has 0 spiro atoms. The number of anilines is 1. The summed E-state index contributed by atoms with van der Waals surface area (Å²) in [6.07, 6.45) is 3.58. The van der Waals surface area contributed by atoms with Crippen LogP contribution in [0.5, 0.6) is 0 Å². The molecule has 0 heterocycles. The average Bonchev–Trinajstić information content (AvgIpc) is 2.28. The van der Waals surface area contributed by atoms with Crippen molar-refractivity contribution < 1.29 is 9.53 Å². The molecule has 2 N–H and O–H groups in total. The SMILES string of the molecule is CCCCc1ccc(CC(=O)OC)cc1N. The topological polar surface area (TPSA) is 52.3 Å². The summed E-state index contributed by atoms with van der Waals surface area (Å²) in [7, 11) is 1.39. The first-order valence-corrected chi connectivity index (χ1v) is 5.61. The number of rotatable bonds is 5. The van der Waals surface area contributed by atoms with Crippen LogP contribution in [0.3, 0.4) is 0 Å². The molecule has 1 aromatic carbocycles. The standard InChI is InChI=1S/C13H19NO2/c1-3-4-5-11-7-6-10(8-12(11)14)9-13(15)16-2/h6-8H,3-5,9,14H2,1-2H3. The Labute approximate surface area is 96.6 Å². The van der Waals surface area contributed by atoms with Crippen LogP contribution in [0.2, 0.25) is 0 Å². The first-order chi connectivity index (χ1) is 7.67. The van der Waals surface area contributed by atoms with Gasteiger partial charge >= 0.3 is 5.97 Å². The number of nitrogen functional groups attached to an aromatic ring is 1. The highest BCUT2D eigenvalue weighted by Gasteiger charge is 2.05. The second-order valence-corrected chi connectivity index (χ2v) is 3.89. The van der Waals surface area contributed by atoms with Crippen LogP contribution < -0.4 is 5.73 Å². The zero-order valence-corrected chi connectivity index (χ0v) is 9.95. The molecule has 0 aliphatic rings. The predicted molar refractivity (Wildman–Crippen MR) is 65.2 cm³/mol. The van der Waals surface area contributed by atoms with E-state index >= 15 is 0 Å². The molecule has 3 nitrogen and oxygen atoms in total. The van der Waals surface area contributed by atoms with Crippen LogP contribution in [0.4, 0.5) is 5.69 Å². The quantitative estimate of drug-likeness (QED) is 0.613. The van der Waals surface area contributed by atoms with Crippen molar-refractivity contribution in [2.24, 2.45) is 0 Å². The molecule has 1 rings (SSSR count). The third-order valence-corrected chi connectivity index (χ3v) is 2.59. The van der Waals surface area contributed by atoms with Crippen LogP contribution in [0, 0.1) is 0 Å². The van der Waals surface area contributed by atoms with Gasteiger partial charge in [0.05, 0.1) is 13.5 Å². The highest BCUT2D eigenvalue weighted by atomic mass is 16.5. The number of carbonyl (C=O) groups is 1. The molecule has 0 aliphatic heterocycles. The second-order valence-electron chi connectivity index (χ2n) is 3.89. The predicted octanol–water partition coefficient (Wildman–Crippen LogP) is 2.33. The molecule has 0 aliphatic carbocycles. The number of unbranched alkanes of at least 4 members (excludes halogenated alkanes) is 1. The first kappa shape index (κ1) is 12.6. The Hall–Kier alpha value is -1.51. The van der Waals surface area contributed by atoms with E-state index in [0.29, 0.717) is 0 Å². The molecular formula is C13H19NO2. The van der Waals surface area contributed by atoms with Gasteiger partial charge in [-0.25, -0.2) is 0 Å². The van der Waals surface area contributed by atoms with Gasteiger partial charge in [-0.15, -0.1) is 0 Å². The molecule has 0 radical (unpaired) electrons. The van der Waals surface area contributed by atoms with E-state index in [1.165, 1.54) is 7.11 Å². The van der Waals surface area contributed by atoms with Gasteiger partial charge in [0.25, 0.3) is 0 Å². The maximum Gasteiger partial charge on any atom is 0.309 e. The van der Waals surface area contributed by atoms with Crippen LogP contribution in [0.25, 0.3) is 0 Å². The summed E-state index contributed by atoms with van der Waals surface area (Å²) in [5.74, 6) is -0.235. The summed E-state index contributed by atoms with van der Waals surface area (Å²) in [5, 5.41) is 0. The van der Waals surface area contributed by atoms with Crippen molar-refractivity contribution in [3.63, 3.8) is 0 Å². The number of aryl methyl sites for hydroxylation is 1. The molecule has 0 amide bonds. The van der Waals surface area contributed by atoms with E-state index in [2.05, 4.69) is 11.7 Å². The van der Waals surface area contributed by atoms with Crippen molar-refractivity contribution in [2.45, 2.75) is 32.6 Å². The van der Waals surface area contributed by atoms with Crippen molar-refractivity contribution in [2.75, 3.05) is 12.8 Å². The van der Waals surface area contributed by atoms with Gasteiger partial charge in [0.15, 0.2) is 0 Å². The number of nitrogens with two attached hydrogens (primary N) is 1. The molecule has 0 saturated carbocycles. The molecule has 0 unspecified atom stereocenters. The Balaban J connectivity index is 2.70. The number of methoxy groups -OCH3 is 1. The summed E-state index contributed by atoms with van der Waals surface area (Å²) < 4.78 is 4.61. The Morgan fingerprint density at radius 3 is 2.75 bits per heavy atom. The van der Waals surface area contributed by atoms with Gasteiger partial charge in [0.1, 0.15) is 0 Å². The van der Waals surface area contributed by atoms with E-state index in [1.54, 1.807) is 0 Å². The molecular weight excluding hydrogens is 202 g/mol. The van der Waals surface area contributed by atoms with Gasteiger partial charge in [0, 0.05) is 5.69 Å². The van der Waals surface area contributed by atoms with Gasteiger partial charge in [-0.3, -0.25) is 4.79 Å². The Bertz CT molecular complexity index is 361. The smallest absolute Gasteiger partial charge is 0.309 e. The Kier molecular flexibility index (Phi) is 4.83. The van der Waals surface area contributed by atoms with Crippen molar-refractivity contribution in [3.05, 3.63) is 29.3 Å². The van der Waals surface area contributed by atoms with E-state index in [1.807, 2.05) is 18.2 Å². The highest BCUT2D eigenvalue weighted by Crippen LogP contribution is 2.17. The van der Waals surface area contributed by atoms with E-state index in [0.717, 1.165) is 36.1 Å². The molecule has 0 fully saturated rings. The number of ether oxygens (including phenoxy) is 1. The minimum Gasteiger partial charge on any atom is -0.469 e. The minimum absolute atomic E-state index is 0.235. The molecule has 16 heavy (non-hydrogen) atoms. The van der Waals surface area contributed by atoms with Gasteiger partial charge in [-0.2, -0.15) is 0 Å². The van der Waals surface area contributed by atoms with Crippen molar-refractivity contribution in [1.29, 1.82) is 0 Å². The summed E-state index contributed by atoms with van der Waals surface area (Å²) in [4.78, 5) is 11.1. The lowest BCUT2D eigenvalue weighted by Gasteiger charge is -2.07. The molecule has 0 aromatic heterocycles. The van der Waals surface area contributed by atoms with Crippen molar-refractivity contribution in [3.8, 4) is 0 Å². The summed E-state index contributed by atoms with van der Waals surface area (Å²) in [6.45, 7) is 2.15. The third kappa shape index (κ3) is 3.57. The molecule has 0 bridgehead atoms. The fourth-order valence-electron chi connectivity index (χ4n) is 1.59. The van der Waals surface area contributed by atoms with E-state index in [9.17, 15) is 4.79 Å². The highest BCUT2D eigenvalue weighted by molar-refractivity contribution is 5.73.